The molecule has 65 heavy (non-hydrogen) atoms. The zero-order valence-electron chi connectivity index (χ0n) is 40.5. The molecule has 0 spiro atoms. The summed E-state index contributed by atoms with van der Waals surface area (Å²) in [5.41, 5.74) is 0. The van der Waals surface area contributed by atoms with Crippen LogP contribution in [-0.2, 0) is 32.7 Å². The highest BCUT2D eigenvalue weighted by Gasteiger charge is 2.51. The molecule has 14 heteroatoms. The lowest BCUT2D eigenvalue weighted by Gasteiger charge is -2.41. The molecule has 6 N–H and O–H groups in total. The Balaban J connectivity index is 2.37. The monoisotopic (exact) mass is 945 g/mol. The molecule has 1 aliphatic carbocycles. The van der Waals surface area contributed by atoms with Crippen molar-refractivity contribution in [3.63, 3.8) is 0 Å². The standard InChI is InChI=1S/C51H93O13P/c1-3-5-7-9-11-13-15-17-19-20-21-22-23-24-26-27-29-31-33-35-37-39-44(52)61-41-43(42-62-65(59,60)64-51-49(57)47(55)46(54)48(56)50(51)58)63-45(53)40-38-36-34-32-30-28-25-18-16-14-12-10-8-6-4-2/h6,8,12,14,18,25,43,46-51,54-58H,3-5,7,9-11,13,15-17,19-24,26-42H2,1-2H3,(H,59,60)/b8-6-,14-12-,25-18-. The van der Waals surface area contributed by atoms with E-state index in [2.05, 4.69) is 50.3 Å². The first-order valence-corrected chi connectivity index (χ1v) is 27.3. The highest BCUT2D eigenvalue weighted by atomic mass is 31.2. The first-order chi connectivity index (χ1) is 31.4. The van der Waals surface area contributed by atoms with Crippen LogP contribution in [0.15, 0.2) is 36.5 Å². The van der Waals surface area contributed by atoms with Gasteiger partial charge in [0, 0.05) is 12.8 Å². The number of esters is 2. The zero-order valence-corrected chi connectivity index (χ0v) is 41.4. The van der Waals surface area contributed by atoms with Crippen LogP contribution in [0.1, 0.15) is 219 Å². The van der Waals surface area contributed by atoms with Gasteiger partial charge < -0.3 is 39.9 Å². The average Bonchev–Trinajstić information content (AvgIpc) is 3.29. The lowest BCUT2D eigenvalue weighted by molar-refractivity contribution is -0.220. The molecule has 0 bridgehead atoms. The van der Waals surface area contributed by atoms with Crippen LogP contribution < -0.4 is 0 Å². The van der Waals surface area contributed by atoms with Crippen molar-refractivity contribution in [1.82, 2.24) is 0 Å². The number of aliphatic hydroxyl groups is 5. The van der Waals surface area contributed by atoms with Gasteiger partial charge in [0.1, 0.15) is 43.2 Å². The molecule has 1 aliphatic rings. The van der Waals surface area contributed by atoms with Crippen LogP contribution in [-0.4, -0.2) is 98.3 Å². The van der Waals surface area contributed by atoms with Crippen molar-refractivity contribution in [2.24, 2.45) is 0 Å². The Morgan fingerprint density at radius 3 is 1.34 bits per heavy atom. The Bertz CT molecular complexity index is 1280. The maximum Gasteiger partial charge on any atom is 0.472 e. The number of hydrogen-bond donors (Lipinski definition) is 6. The second-order valence-corrected chi connectivity index (χ2v) is 19.4. The van der Waals surface area contributed by atoms with Crippen LogP contribution >= 0.6 is 7.82 Å². The minimum atomic E-state index is -5.12. The number of rotatable bonds is 43. The van der Waals surface area contributed by atoms with E-state index in [-0.39, 0.29) is 12.8 Å². The largest absolute Gasteiger partial charge is 0.472 e. The Labute approximate surface area is 393 Å². The minimum Gasteiger partial charge on any atom is -0.462 e. The van der Waals surface area contributed by atoms with Crippen LogP contribution in [0.2, 0.25) is 0 Å². The Kier molecular flexibility index (Phi) is 38.6. The third-order valence-corrected chi connectivity index (χ3v) is 13.0. The first-order valence-electron chi connectivity index (χ1n) is 25.8. The van der Waals surface area contributed by atoms with E-state index in [9.17, 15) is 44.6 Å². The van der Waals surface area contributed by atoms with Crippen LogP contribution in [0.4, 0.5) is 0 Å². The molecular formula is C51H93O13P. The molecule has 0 aromatic carbocycles. The number of allylic oxidation sites excluding steroid dienone is 6. The molecule has 1 saturated carbocycles. The number of unbranched alkanes of at least 4 members (excludes halogenated alkanes) is 25. The predicted octanol–water partition coefficient (Wildman–Crippen LogP) is 11.0. The Morgan fingerprint density at radius 1 is 0.492 bits per heavy atom. The molecule has 0 radical (unpaired) electrons. The van der Waals surface area contributed by atoms with Gasteiger partial charge in [-0.15, -0.1) is 0 Å². The minimum absolute atomic E-state index is 0.0788. The van der Waals surface area contributed by atoms with Gasteiger partial charge >= 0.3 is 19.8 Å². The fourth-order valence-electron chi connectivity index (χ4n) is 7.89. The number of carbonyl (C=O) groups is 2. The van der Waals surface area contributed by atoms with Crippen molar-refractivity contribution in [1.29, 1.82) is 0 Å². The van der Waals surface area contributed by atoms with Crippen molar-refractivity contribution < 1.29 is 63.1 Å². The summed E-state index contributed by atoms with van der Waals surface area (Å²) >= 11 is 0. The molecule has 0 aromatic heterocycles. The summed E-state index contributed by atoms with van der Waals surface area (Å²) in [6.07, 6.45) is 34.8. The van der Waals surface area contributed by atoms with Gasteiger partial charge in [-0.25, -0.2) is 4.57 Å². The molecule has 6 atom stereocenters. The summed E-state index contributed by atoms with van der Waals surface area (Å²) in [6.45, 7) is 3.20. The predicted molar refractivity (Wildman–Crippen MR) is 258 cm³/mol. The number of hydrogen-bond acceptors (Lipinski definition) is 12. The number of carbonyl (C=O) groups excluding carboxylic acids is 2. The molecule has 6 unspecified atom stereocenters. The van der Waals surface area contributed by atoms with Gasteiger partial charge in [0.2, 0.25) is 0 Å². The Morgan fingerprint density at radius 2 is 0.877 bits per heavy atom. The summed E-state index contributed by atoms with van der Waals surface area (Å²) in [6, 6.07) is 0. The average molecular weight is 945 g/mol. The smallest absolute Gasteiger partial charge is 0.462 e. The lowest BCUT2D eigenvalue weighted by Crippen LogP contribution is -2.64. The number of phosphoric ester groups is 1. The number of aliphatic hydroxyl groups excluding tert-OH is 5. The molecule has 380 valence electrons. The topological polar surface area (TPSA) is 210 Å². The van der Waals surface area contributed by atoms with Gasteiger partial charge in [-0.2, -0.15) is 0 Å². The van der Waals surface area contributed by atoms with Gasteiger partial charge in [-0.3, -0.25) is 18.6 Å². The normalized spacial score (nSPS) is 21.7. The summed E-state index contributed by atoms with van der Waals surface area (Å²) < 4.78 is 33.6. The molecule has 0 amide bonds. The van der Waals surface area contributed by atoms with E-state index in [1.54, 1.807) is 0 Å². The number of ether oxygens (including phenoxy) is 2. The van der Waals surface area contributed by atoms with Gasteiger partial charge in [0.05, 0.1) is 6.61 Å². The SMILES string of the molecule is CC/C=C\C/C=C\C/C=C\CCCCCCCC(=O)OC(COC(=O)CCCCCCCCCCCCCCCCCCCCCCC)COP(=O)(O)OC1C(O)C(O)C(O)C(O)C1O. The van der Waals surface area contributed by atoms with Crippen molar-refractivity contribution >= 4 is 19.8 Å². The second kappa shape index (κ2) is 41.1. The van der Waals surface area contributed by atoms with Gasteiger partial charge in [-0.05, 0) is 44.9 Å². The summed E-state index contributed by atoms with van der Waals surface area (Å²) in [5, 5.41) is 50.2. The first kappa shape index (κ1) is 61.1. The lowest BCUT2D eigenvalue weighted by atomic mass is 9.85. The van der Waals surface area contributed by atoms with E-state index in [1.165, 1.54) is 109 Å². The zero-order chi connectivity index (χ0) is 47.8. The fraction of sp³-hybridized carbons (Fsp3) is 0.843. The van der Waals surface area contributed by atoms with E-state index >= 15 is 0 Å². The van der Waals surface area contributed by atoms with Crippen LogP contribution in [0, 0.1) is 0 Å². The summed E-state index contributed by atoms with van der Waals surface area (Å²) in [4.78, 5) is 35.8. The number of phosphoric acid groups is 1. The highest BCUT2D eigenvalue weighted by molar-refractivity contribution is 7.47. The van der Waals surface area contributed by atoms with E-state index in [1.807, 2.05) is 0 Å². The van der Waals surface area contributed by atoms with E-state index in [0.29, 0.717) is 12.8 Å². The van der Waals surface area contributed by atoms with Crippen molar-refractivity contribution in [3.8, 4) is 0 Å². The highest BCUT2D eigenvalue weighted by Crippen LogP contribution is 2.47. The third kappa shape index (κ3) is 33.3. The molecule has 0 heterocycles. The molecule has 1 fully saturated rings. The van der Waals surface area contributed by atoms with Gasteiger partial charge in [-0.1, -0.05) is 198 Å². The molecule has 1 rings (SSSR count). The third-order valence-electron chi connectivity index (χ3n) is 12.0. The maximum atomic E-state index is 12.8. The maximum absolute atomic E-state index is 12.8. The Hall–Kier alpha value is -1.93. The quantitative estimate of drug-likeness (QED) is 0.0146. The van der Waals surface area contributed by atoms with Gasteiger partial charge in [0.15, 0.2) is 6.10 Å². The summed E-state index contributed by atoms with van der Waals surface area (Å²) in [7, 11) is -5.12. The second-order valence-electron chi connectivity index (χ2n) is 18.0. The van der Waals surface area contributed by atoms with Gasteiger partial charge in [0.25, 0.3) is 0 Å². The summed E-state index contributed by atoms with van der Waals surface area (Å²) in [5.74, 6) is -1.11. The fourth-order valence-corrected chi connectivity index (χ4v) is 8.86. The van der Waals surface area contributed by atoms with Crippen LogP contribution in [0.25, 0.3) is 0 Å². The molecule has 0 aromatic rings. The van der Waals surface area contributed by atoms with Crippen molar-refractivity contribution in [2.45, 2.75) is 262 Å². The molecule has 13 nitrogen and oxygen atoms in total. The van der Waals surface area contributed by atoms with Crippen LogP contribution in [0.5, 0.6) is 0 Å². The molecule has 0 aliphatic heterocycles. The van der Waals surface area contributed by atoms with Crippen molar-refractivity contribution in [3.05, 3.63) is 36.5 Å². The molecular weight excluding hydrogens is 852 g/mol. The van der Waals surface area contributed by atoms with E-state index in [4.69, 9.17) is 18.5 Å². The van der Waals surface area contributed by atoms with E-state index in [0.717, 1.165) is 70.6 Å². The molecule has 0 saturated heterocycles. The van der Waals surface area contributed by atoms with E-state index < -0.39 is 75.7 Å². The van der Waals surface area contributed by atoms with Crippen molar-refractivity contribution in [2.75, 3.05) is 13.2 Å². The van der Waals surface area contributed by atoms with Crippen LogP contribution in [0.3, 0.4) is 0 Å².